The van der Waals surface area contributed by atoms with Gasteiger partial charge in [-0.1, -0.05) is 17.7 Å². The van der Waals surface area contributed by atoms with E-state index < -0.39 is 9.84 Å². The van der Waals surface area contributed by atoms with Gasteiger partial charge in [0.25, 0.3) is 0 Å². The molecule has 0 spiro atoms. The van der Waals surface area contributed by atoms with Gasteiger partial charge in [0.05, 0.1) is 16.3 Å². The summed E-state index contributed by atoms with van der Waals surface area (Å²) in [5, 5.41) is 7.31. The molecule has 1 amide bonds. The maximum absolute atomic E-state index is 12.3. The molecule has 1 aromatic carbocycles. The number of fused-ring (bicyclic) bond motifs is 1. The number of sulfone groups is 1. The highest BCUT2D eigenvalue weighted by Gasteiger charge is 2.22. The molecule has 1 aliphatic rings. The van der Waals surface area contributed by atoms with Crippen molar-refractivity contribution in [2.24, 2.45) is 7.05 Å². The van der Waals surface area contributed by atoms with Gasteiger partial charge >= 0.3 is 0 Å². The minimum absolute atomic E-state index is 0.0347. The molecule has 0 radical (unpaired) electrons. The zero-order valence-electron chi connectivity index (χ0n) is 14.6. The summed E-state index contributed by atoms with van der Waals surface area (Å²) in [6.45, 7) is 1.91. The van der Waals surface area contributed by atoms with E-state index in [1.807, 2.05) is 14.0 Å². The van der Waals surface area contributed by atoms with Gasteiger partial charge in [0.1, 0.15) is 5.82 Å². The van der Waals surface area contributed by atoms with Crippen LogP contribution in [0.4, 0.5) is 5.82 Å². The Hall–Kier alpha value is -2.15. The van der Waals surface area contributed by atoms with Crippen molar-refractivity contribution in [2.45, 2.75) is 43.9 Å². The molecule has 6 nitrogen and oxygen atoms in total. The van der Waals surface area contributed by atoms with Crippen molar-refractivity contribution in [1.29, 1.82) is 0 Å². The number of rotatable bonds is 6. The number of hydrogen-bond acceptors (Lipinski definition) is 4. The molecule has 134 valence electrons. The summed E-state index contributed by atoms with van der Waals surface area (Å²) in [6, 6.07) is 6.79. The molecule has 0 saturated heterocycles. The number of aromatic nitrogens is 2. The number of hydrogen-bond donors (Lipinski definition) is 1. The van der Waals surface area contributed by atoms with Gasteiger partial charge in [0.15, 0.2) is 9.84 Å². The van der Waals surface area contributed by atoms with Crippen LogP contribution in [0.2, 0.25) is 0 Å². The molecule has 7 heteroatoms. The van der Waals surface area contributed by atoms with Crippen LogP contribution in [0.25, 0.3) is 0 Å². The third kappa shape index (κ3) is 3.92. The molecule has 0 saturated carbocycles. The Bertz CT molecular complexity index is 883. The van der Waals surface area contributed by atoms with Crippen LogP contribution in [0.5, 0.6) is 0 Å². The van der Waals surface area contributed by atoms with Crippen LogP contribution in [0, 0.1) is 6.92 Å². The van der Waals surface area contributed by atoms with Gasteiger partial charge in [-0.3, -0.25) is 9.48 Å². The van der Waals surface area contributed by atoms with Crippen LogP contribution in [-0.4, -0.2) is 29.9 Å². The molecule has 0 unspecified atom stereocenters. The van der Waals surface area contributed by atoms with Gasteiger partial charge in [-0.2, -0.15) is 5.10 Å². The van der Waals surface area contributed by atoms with E-state index in [-0.39, 0.29) is 18.1 Å². The molecule has 0 fully saturated rings. The fourth-order valence-electron chi connectivity index (χ4n) is 3.16. The number of anilines is 1. The first-order valence-corrected chi connectivity index (χ1v) is 10.2. The number of nitrogens with one attached hydrogen (secondary N) is 1. The topological polar surface area (TPSA) is 81.1 Å². The Morgan fingerprint density at radius 3 is 2.68 bits per heavy atom. The predicted octanol–water partition coefficient (Wildman–Crippen LogP) is 2.41. The van der Waals surface area contributed by atoms with Gasteiger partial charge in [-0.05, 0) is 44.7 Å². The lowest BCUT2D eigenvalue weighted by Crippen LogP contribution is -2.17. The molecule has 1 aromatic heterocycles. The van der Waals surface area contributed by atoms with Crippen LogP contribution in [0.1, 0.15) is 36.1 Å². The first kappa shape index (κ1) is 17.7. The van der Waals surface area contributed by atoms with Gasteiger partial charge in [0, 0.05) is 19.0 Å². The molecular formula is C18H23N3O3S. The third-order valence-electron chi connectivity index (χ3n) is 4.52. The first-order chi connectivity index (χ1) is 11.9. The molecule has 0 atom stereocenters. The average molecular weight is 361 g/mol. The maximum atomic E-state index is 12.3. The summed E-state index contributed by atoms with van der Waals surface area (Å²) in [6.07, 6.45) is 3.41. The van der Waals surface area contributed by atoms with E-state index in [0.717, 1.165) is 41.9 Å². The SMILES string of the molecule is Cc1ccc(S(=O)(=O)CCCC(=O)Nc2c3c(nn2C)CCC3)cc1. The molecule has 25 heavy (non-hydrogen) atoms. The summed E-state index contributed by atoms with van der Waals surface area (Å²) in [5.74, 6) is 0.545. The molecule has 1 N–H and O–H groups in total. The van der Waals surface area contributed by atoms with Crippen molar-refractivity contribution in [3.8, 4) is 0 Å². The fraction of sp³-hybridized carbons (Fsp3) is 0.444. The number of carbonyl (C=O) groups excluding carboxylic acids is 1. The molecule has 1 aliphatic carbocycles. The lowest BCUT2D eigenvalue weighted by Gasteiger charge is -2.08. The van der Waals surface area contributed by atoms with Gasteiger partial charge in [-0.25, -0.2) is 8.42 Å². The monoisotopic (exact) mass is 361 g/mol. The quantitative estimate of drug-likeness (QED) is 0.857. The third-order valence-corrected chi connectivity index (χ3v) is 6.34. The van der Waals surface area contributed by atoms with Crippen LogP contribution >= 0.6 is 0 Å². The standard InChI is InChI=1S/C18H23N3O3S/c1-13-8-10-14(11-9-13)25(23,24)12-4-7-17(22)19-18-15-5-3-6-16(15)20-21(18)2/h8-11H,3-7,12H2,1-2H3,(H,19,22). The lowest BCUT2D eigenvalue weighted by molar-refractivity contribution is -0.116. The smallest absolute Gasteiger partial charge is 0.225 e. The number of carbonyl (C=O) groups is 1. The highest BCUT2D eigenvalue weighted by atomic mass is 32.2. The van der Waals surface area contributed by atoms with Crippen molar-refractivity contribution in [1.82, 2.24) is 9.78 Å². The van der Waals surface area contributed by atoms with Crippen molar-refractivity contribution < 1.29 is 13.2 Å². The van der Waals surface area contributed by atoms with Gasteiger partial charge in [-0.15, -0.1) is 0 Å². The number of amides is 1. The second-order valence-corrected chi connectivity index (χ2v) is 8.64. The Labute approximate surface area is 148 Å². The van der Waals surface area contributed by atoms with Crippen LogP contribution < -0.4 is 5.32 Å². The van der Waals surface area contributed by atoms with Crippen molar-refractivity contribution in [3.05, 3.63) is 41.1 Å². The summed E-state index contributed by atoms with van der Waals surface area (Å²) in [5.41, 5.74) is 3.19. The highest BCUT2D eigenvalue weighted by molar-refractivity contribution is 7.91. The summed E-state index contributed by atoms with van der Waals surface area (Å²) in [7, 11) is -1.53. The van der Waals surface area contributed by atoms with Crippen molar-refractivity contribution >= 4 is 21.6 Å². The van der Waals surface area contributed by atoms with Crippen LogP contribution in [-0.2, 0) is 34.5 Å². The van der Waals surface area contributed by atoms with Crippen LogP contribution in [0.3, 0.4) is 0 Å². The number of aryl methyl sites for hydroxylation is 3. The number of benzene rings is 1. The molecule has 0 bridgehead atoms. The van der Waals surface area contributed by atoms with E-state index in [1.54, 1.807) is 28.9 Å². The highest BCUT2D eigenvalue weighted by Crippen LogP contribution is 2.28. The molecule has 0 aliphatic heterocycles. The van der Waals surface area contributed by atoms with Crippen LogP contribution in [0.15, 0.2) is 29.2 Å². The number of nitrogens with zero attached hydrogens (tertiary/aromatic N) is 2. The second kappa shape index (κ2) is 7.00. The Kier molecular flexibility index (Phi) is 4.94. The van der Waals surface area contributed by atoms with E-state index in [1.165, 1.54) is 0 Å². The largest absolute Gasteiger partial charge is 0.311 e. The minimum Gasteiger partial charge on any atom is -0.311 e. The Balaban J connectivity index is 1.55. The van der Waals surface area contributed by atoms with E-state index in [2.05, 4.69) is 10.4 Å². The molecule has 2 aromatic rings. The van der Waals surface area contributed by atoms with Gasteiger partial charge < -0.3 is 5.32 Å². The normalized spacial score (nSPS) is 13.7. The minimum atomic E-state index is -3.35. The first-order valence-electron chi connectivity index (χ1n) is 8.51. The summed E-state index contributed by atoms with van der Waals surface area (Å²) < 4.78 is 26.3. The lowest BCUT2D eigenvalue weighted by atomic mass is 10.2. The van der Waals surface area contributed by atoms with E-state index in [9.17, 15) is 13.2 Å². The average Bonchev–Trinajstić information content (AvgIpc) is 3.10. The zero-order valence-corrected chi connectivity index (χ0v) is 15.4. The zero-order chi connectivity index (χ0) is 18.0. The summed E-state index contributed by atoms with van der Waals surface area (Å²) in [4.78, 5) is 12.5. The van der Waals surface area contributed by atoms with E-state index >= 15 is 0 Å². The molecular weight excluding hydrogens is 338 g/mol. The van der Waals surface area contributed by atoms with Crippen molar-refractivity contribution in [3.63, 3.8) is 0 Å². The summed E-state index contributed by atoms with van der Waals surface area (Å²) >= 11 is 0. The fourth-order valence-corrected chi connectivity index (χ4v) is 4.47. The van der Waals surface area contributed by atoms with E-state index in [0.29, 0.717) is 11.3 Å². The molecule has 1 heterocycles. The van der Waals surface area contributed by atoms with Crippen molar-refractivity contribution in [2.75, 3.05) is 11.1 Å². The van der Waals surface area contributed by atoms with Gasteiger partial charge in [0.2, 0.25) is 5.91 Å². The Morgan fingerprint density at radius 1 is 1.24 bits per heavy atom. The maximum Gasteiger partial charge on any atom is 0.225 e. The predicted molar refractivity (Wildman–Crippen MR) is 96.3 cm³/mol. The Morgan fingerprint density at radius 2 is 1.96 bits per heavy atom. The van der Waals surface area contributed by atoms with E-state index in [4.69, 9.17) is 0 Å². The second-order valence-electron chi connectivity index (χ2n) is 6.53. The molecule has 3 rings (SSSR count).